The Morgan fingerprint density at radius 3 is 2.44 bits per heavy atom. The lowest BCUT2D eigenvalue weighted by atomic mass is 9.92. The Kier molecular flexibility index (Phi) is 3.72. The summed E-state index contributed by atoms with van der Waals surface area (Å²) in [6.45, 7) is 10.9. The molecule has 2 rings (SSSR count). The third-order valence-electron chi connectivity index (χ3n) is 5.42. The van der Waals surface area contributed by atoms with E-state index in [0.717, 1.165) is 12.3 Å². The molecule has 1 saturated heterocycles. The fourth-order valence-corrected chi connectivity index (χ4v) is 3.94. The highest BCUT2D eigenvalue weighted by Crippen LogP contribution is 2.40. The van der Waals surface area contributed by atoms with Gasteiger partial charge in [0.05, 0.1) is 11.7 Å². The van der Waals surface area contributed by atoms with E-state index in [0.29, 0.717) is 17.9 Å². The molecule has 0 bridgehead atoms. The highest BCUT2D eigenvalue weighted by molar-refractivity contribution is 5.88. The van der Waals surface area contributed by atoms with Crippen LogP contribution in [0, 0.1) is 11.8 Å². The normalized spacial score (nSPS) is 44.9. The highest BCUT2D eigenvalue weighted by Gasteiger charge is 2.50. The lowest BCUT2D eigenvalue weighted by Crippen LogP contribution is -2.46. The van der Waals surface area contributed by atoms with Gasteiger partial charge in [-0.1, -0.05) is 27.2 Å². The highest BCUT2D eigenvalue weighted by atomic mass is 16.2. The molecule has 1 amide bonds. The second kappa shape index (κ2) is 4.84. The summed E-state index contributed by atoms with van der Waals surface area (Å²) in [4.78, 5) is 14.8. The molecule has 5 unspecified atom stereocenters. The van der Waals surface area contributed by atoms with E-state index in [4.69, 9.17) is 0 Å². The van der Waals surface area contributed by atoms with Crippen LogP contribution in [0.5, 0.6) is 0 Å². The van der Waals surface area contributed by atoms with E-state index in [9.17, 15) is 4.79 Å². The first-order chi connectivity index (χ1) is 8.44. The van der Waals surface area contributed by atoms with Gasteiger partial charge in [-0.15, -0.1) is 0 Å². The average Bonchev–Trinajstić information content (AvgIpc) is 2.80. The zero-order chi connectivity index (χ0) is 13.5. The number of rotatable bonds is 3. The van der Waals surface area contributed by atoms with Crippen molar-refractivity contribution in [2.45, 2.75) is 78.0 Å². The number of hydrogen-bond donors (Lipinski definition) is 1. The largest absolute Gasteiger partial charge is 0.323 e. The summed E-state index contributed by atoms with van der Waals surface area (Å²) < 4.78 is 0. The van der Waals surface area contributed by atoms with Crippen LogP contribution in [-0.4, -0.2) is 28.6 Å². The molecule has 1 heterocycles. The number of nitrogens with zero attached hydrogens (tertiary/aromatic N) is 1. The van der Waals surface area contributed by atoms with Crippen molar-refractivity contribution in [3.63, 3.8) is 0 Å². The number of hydrogen-bond acceptors (Lipinski definition) is 2. The smallest absolute Gasteiger partial charge is 0.244 e. The SMILES string of the molecule is CCC1CCC(N2C(=O)C(C)(CC)NC2C)C1C. The van der Waals surface area contributed by atoms with E-state index in [1.807, 2.05) is 6.92 Å². The maximum absolute atomic E-state index is 12.7. The predicted molar refractivity (Wildman–Crippen MR) is 74.1 cm³/mol. The molecule has 0 spiro atoms. The molecule has 18 heavy (non-hydrogen) atoms. The molecule has 3 nitrogen and oxygen atoms in total. The van der Waals surface area contributed by atoms with Crippen LogP contribution < -0.4 is 5.32 Å². The zero-order valence-corrected chi connectivity index (χ0v) is 12.5. The minimum Gasteiger partial charge on any atom is -0.323 e. The monoisotopic (exact) mass is 252 g/mol. The summed E-state index contributed by atoms with van der Waals surface area (Å²) in [5.41, 5.74) is -0.344. The van der Waals surface area contributed by atoms with Crippen molar-refractivity contribution in [1.29, 1.82) is 0 Å². The van der Waals surface area contributed by atoms with Crippen molar-refractivity contribution in [1.82, 2.24) is 10.2 Å². The van der Waals surface area contributed by atoms with E-state index >= 15 is 0 Å². The lowest BCUT2D eigenvalue weighted by Gasteiger charge is -2.32. The Morgan fingerprint density at radius 2 is 2.00 bits per heavy atom. The fourth-order valence-electron chi connectivity index (χ4n) is 3.94. The van der Waals surface area contributed by atoms with Crippen molar-refractivity contribution >= 4 is 5.91 Å². The number of nitrogens with one attached hydrogen (secondary N) is 1. The van der Waals surface area contributed by atoms with Crippen molar-refractivity contribution in [3.05, 3.63) is 0 Å². The average molecular weight is 252 g/mol. The van der Waals surface area contributed by atoms with Crippen LogP contribution >= 0.6 is 0 Å². The van der Waals surface area contributed by atoms with Gasteiger partial charge in [0.2, 0.25) is 5.91 Å². The first-order valence-corrected chi connectivity index (χ1v) is 7.55. The molecule has 0 radical (unpaired) electrons. The minimum atomic E-state index is -0.344. The number of carbonyl (C=O) groups excluding carboxylic acids is 1. The van der Waals surface area contributed by atoms with Crippen molar-refractivity contribution in [3.8, 4) is 0 Å². The van der Waals surface area contributed by atoms with Crippen LogP contribution in [0.4, 0.5) is 0 Å². The van der Waals surface area contributed by atoms with Crippen molar-refractivity contribution in [2.75, 3.05) is 0 Å². The zero-order valence-electron chi connectivity index (χ0n) is 12.5. The summed E-state index contributed by atoms with van der Waals surface area (Å²) in [6, 6.07) is 0.443. The molecule has 5 atom stereocenters. The van der Waals surface area contributed by atoms with Gasteiger partial charge in [0.15, 0.2) is 0 Å². The summed E-state index contributed by atoms with van der Waals surface area (Å²) >= 11 is 0. The topological polar surface area (TPSA) is 32.3 Å². The summed E-state index contributed by atoms with van der Waals surface area (Å²) in [5.74, 6) is 1.75. The summed E-state index contributed by atoms with van der Waals surface area (Å²) in [6.07, 6.45) is 4.75. The molecule has 0 aromatic rings. The Bertz CT molecular complexity index is 330. The van der Waals surface area contributed by atoms with Gasteiger partial charge < -0.3 is 4.90 Å². The molecule has 0 aromatic heterocycles. The van der Waals surface area contributed by atoms with Crippen LogP contribution in [0.25, 0.3) is 0 Å². The first-order valence-electron chi connectivity index (χ1n) is 7.55. The maximum atomic E-state index is 12.7. The molecule has 104 valence electrons. The first kappa shape index (κ1) is 13.9. The Labute approximate surface area is 111 Å². The quantitative estimate of drug-likeness (QED) is 0.837. The van der Waals surface area contributed by atoms with E-state index in [2.05, 4.69) is 37.9 Å². The number of amides is 1. The van der Waals surface area contributed by atoms with Gasteiger partial charge in [-0.3, -0.25) is 10.1 Å². The lowest BCUT2D eigenvalue weighted by molar-refractivity contribution is -0.135. The van der Waals surface area contributed by atoms with E-state index in [-0.39, 0.29) is 11.7 Å². The molecule has 2 aliphatic rings. The fraction of sp³-hybridized carbons (Fsp3) is 0.933. The van der Waals surface area contributed by atoms with Gasteiger partial charge in [-0.05, 0) is 44.9 Å². The number of carbonyl (C=O) groups is 1. The van der Waals surface area contributed by atoms with E-state index in [1.165, 1.54) is 19.3 Å². The molecular formula is C15H28N2O. The summed E-state index contributed by atoms with van der Waals surface area (Å²) in [7, 11) is 0. The van der Waals surface area contributed by atoms with Gasteiger partial charge in [-0.2, -0.15) is 0 Å². The third-order valence-corrected chi connectivity index (χ3v) is 5.42. The second-order valence-electron chi connectivity index (χ2n) is 6.39. The predicted octanol–water partition coefficient (Wildman–Crippen LogP) is 2.76. The molecule has 0 aromatic carbocycles. The van der Waals surface area contributed by atoms with Crippen LogP contribution in [-0.2, 0) is 4.79 Å². The molecule has 1 aliphatic carbocycles. The van der Waals surface area contributed by atoms with E-state index < -0.39 is 0 Å². The Hall–Kier alpha value is -0.570. The van der Waals surface area contributed by atoms with Gasteiger partial charge in [-0.25, -0.2) is 0 Å². The Morgan fingerprint density at radius 1 is 1.33 bits per heavy atom. The molecule has 1 N–H and O–H groups in total. The van der Waals surface area contributed by atoms with Crippen LogP contribution in [0.1, 0.15) is 60.3 Å². The van der Waals surface area contributed by atoms with Gasteiger partial charge in [0.1, 0.15) is 0 Å². The third kappa shape index (κ3) is 1.97. The van der Waals surface area contributed by atoms with Gasteiger partial charge in [0.25, 0.3) is 0 Å². The second-order valence-corrected chi connectivity index (χ2v) is 6.39. The molecule has 3 heteroatoms. The van der Waals surface area contributed by atoms with Crippen molar-refractivity contribution < 1.29 is 4.79 Å². The molecule has 1 saturated carbocycles. The molecule has 1 aliphatic heterocycles. The van der Waals surface area contributed by atoms with Crippen LogP contribution in [0.2, 0.25) is 0 Å². The minimum absolute atomic E-state index is 0.186. The van der Waals surface area contributed by atoms with Crippen LogP contribution in [0.3, 0.4) is 0 Å². The molecule has 2 fully saturated rings. The van der Waals surface area contributed by atoms with E-state index in [1.54, 1.807) is 0 Å². The van der Waals surface area contributed by atoms with Crippen molar-refractivity contribution in [2.24, 2.45) is 11.8 Å². The summed E-state index contributed by atoms with van der Waals surface area (Å²) in [5, 5.41) is 3.49. The molecular weight excluding hydrogens is 224 g/mol. The maximum Gasteiger partial charge on any atom is 0.244 e. The van der Waals surface area contributed by atoms with Crippen LogP contribution in [0.15, 0.2) is 0 Å². The van der Waals surface area contributed by atoms with Gasteiger partial charge in [0, 0.05) is 6.04 Å². The Balaban J connectivity index is 2.17. The standard InChI is InChI=1S/C15H28N2O/c1-6-12-8-9-13(10(12)3)17-11(4)16-15(5,7-2)14(17)18/h10-13,16H,6-9H2,1-5H3. The van der Waals surface area contributed by atoms with Gasteiger partial charge >= 0.3 is 0 Å².